The molecule has 0 fully saturated rings. The molecule has 0 nitrogen and oxygen atoms in total. The Balaban J connectivity index is 2.34. The lowest BCUT2D eigenvalue weighted by Gasteiger charge is -2.09. The smallest absolute Gasteiger partial charge is 0.0240 e. The Hall–Kier alpha value is -0.950. The van der Waals surface area contributed by atoms with E-state index in [2.05, 4.69) is 61.2 Å². The molecule has 0 aromatic heterocycles. The summed E-state index contributed by atoms with van der Waals surface area (Å²) < 4.78 is 0. The number of fused-ring (bicyclic) bond motifs is 1. The summed E-state index contributed by atoms with van der Waals surface area (Å²) >= 11 is 4.53. The second-order valence-corrected chi connectivity index (χ2v) is 4.22. The van der Waals surface area contributed by atoms with Crippen LogP contribution in [0.15, 0.2) is 48.6 Å². The number of allylic oxidation sites excluding steroid dienone is 3. The van der Waals surface area contributed by atoms with Crippen LogP contribution in [0.1, 0.15) is 11.1 Å². The molecule has 1 aromatic carbocycles. The van der Waals surface area contributed by atoms with E-state index >= 15 is 0 Å². The van der Waals surface area contributed by atoms with E-state index in [1.807, 2.05) is 0 Å². The first kappa shape index (κ1) is 9.60. The zero-order chi connectivity index (χ0) is 9.80. The van der Waals surface area contributed by atoms with Crippen LogP contribution >= 0.6 is 12.6 Å². The molecule has 0 spiro atoms. The van der Waals surface area contributed by atoms with Crippen LogP contribution in [-0.4, -0.2) is 5.25 Å². The third-order valence-corrected chi connectivity index (χ3v) is 2.82. The van der Waals surface area contributed by atoms with E-state index in [-0.39, 0.29) is 0 Å². The molecular weight excluding hydrogens is 188 g/mol. The maximum absolute atomic E-state index is 4.53. The molecule has 0 saturated carbocycles. The number of hydrogen-bond acceptors (Lipinski definition) is 1. The first-order chi connectivity index (χ1) is 6.86. The number of benzene rings is 1. The van der Waals surface area contributed by atoms with Crippen molar-refractivity contribution in [2.45, 2.75) is 18.1 Å². The Morgan fingerprint density at radius 2 is 1.86 bits per heavy atom. The summed E-state index contributed by atoms with van der Waals surface area (Å²) in [5.74, 6) is 0. The van der Waals surface area contributed by atoms with Crippen LogP contribution in [-0.2, 0) is 12.8 Å². The molecule has 0 aliphatic heterocycles. The van der Waals surface area contributed by atoms with E-state index in [0.717, 1.165) is 12.8 Å². The largest absolute Gasteiger partial charge is 0.171 e. The maximum atomic E-state index is 4.53. The first-order valence-corrected chi connectivity index (χ1v) is 5.46. The predicted molar refractivity (Wildman–Crippen MR) is 64.9 cm³/mol. The number of hydrogen-bond donors (Lipinski definition) is 1. The van der Waals surface area contributed by atoms with Crippen molar-refractivity contribution in [1.29, 1.82) is 0 Å². The highest BCUT2D eigenvalue weighted by Gasteiger charge is 2.05. The van der Waals surface area contributed by atoms with Gasteiger partial charge in [-0.2, -0.15) is 12.6 Å². The minimum absolute atomic E-state index is 0.332. The normalized spacial score (nSPS) is 25.4. The summed E-state index contributed by atoms with van der Waals surface area (Å²) in [6.07, 6.45) is 10.6. The summed E-state index contributed by atoms with van der Waals surface area (Å²) in [7, 11) is 0. The molecule has 1 unspecified atom stereocenters. The molecule has 0 bridgehead atoms. The second kappa shape index (κ2) is 4.52. The topological polar surface area (TPSA) is 0 Å². The van der Waals surface area contributed by atoms with Gasteiger partial charge in [-0.05, 0) is 24.0 Å². The zero-order valence-electron chi connectivity index (χ0n) is 8.06. The molecule has 0 heterocycles. The van der Waals surface area contributed by atoms with Crippen molar-refractivity contribution in [3.05, 3.63) is 59.7 Å². The predicted octanol–water partition coefficient (Wildman–Crippen LogP) is 3.20. The molecule has 1 heteroatoms. The number of thiol groups is 1. The SMILES string of the molecule is SC1/C=C\C=C/Cc2ccccc2C1. The molecule has 1 aliphatic rings. The van der Waals surface area contributed by atoms with Crippen molar-refractivity contribution >= 4 is 12.6 Å². The van der Waals surface area contributed by atoms with Gasteiger partial charge in [-0.1, -0.05) is 48.6 Å². The monoisotopic (exact) mass is 202 g/mol. The van der Waals surface area contributed by atoms with Crippen molar-refractivity contribution in [1.82, 2.24) is 0 Å². The fraction of sp³-hybridized carbons (Fsp3) is 0.231. The van der Waals surface area contributed by atoms with Crippen LogP contribution in [0, 0.1) is 0 Å². The number of rotatable bonds is 0. The fourth-order valence-corrected chi connectivity index (χ4v) is 2.01. The summed E-state index contributed by atoms with van der Waals surface area (Å²) in [4.78, 5) is 0. The van der Waals surface area contributed by atoms with Gasteiger partial charge in [0.25, 0.3) is 0 Å². The minimum Gasteiger partial charge on any atom is -0.171 e. The van der Waals surface area contributed by atoms with Gasteiger partial charge in [0, 0.05) is 5.25 Å². The quantitative estimate of drug-likeness (QED) is 0.614. The molecule has 0 radical (unpaired) electrons. The van der Waals surface area contributed by atoms with Gasteiger partial charge >= 0.3 is 0 Å². The molecule has 14 heavy (non-hydrogen) atoms. The van der Waals surface area contributed by atoms with Crippen molar-refractivity contribution in [2.24, 2.45) is 0 Å². The van der Waals surface area contributed by atoms with Gasteiger partial charge in [0.05, 0.1) is 0 Å². The van der Waals surface area contributed by atoms with Crippen LogP contribution in [0.3, 0.4) is 0 Å². The Bertz CT molecular complexity index is 363. The van der Waals surface area contributed by atoms with Gasteiger partial charge in [-0.3, -0.25) is 0 Å². The summed E-state index contributed by atoms with van der Waals surface area (Å²) in [6.45, 7) is 0. The Kier molecular flexibility index (Phi) is 3.10. The lowest BCUT2D eigenvalue weighted by molar-refractivity contribution is 1.00. The Morgan fingerprint density at radius 3 is 2.71 bits per heavy atom. The maximum Gasteiger partial charge on any atom is 0.0240 e. The minimum atomic E-state index is 0.332. The molecule has 1 atom stereocenters. The molecular formula is C13H14S. The standard InChI is InChI=1S/C13H14S/c14-13-9-3-1-2-6-11-7-4-5-8-12(11)10-13/h1-5,7-9,13-14H,6,10H2/b2-1-,9-3-. The highest BCUT2D eigenvalue weighted by Crippen LogP contribution is 2.16. The average Bonchev–Trinajstić information content (AvgIpc) is 2.27. The van der Waals surface area contributed by atoms with Crippen LogP contribution in [0.2, 0.25) is 0 Å². The van der Waals surface area contributed by atoms with Gasteiger partial charge in [-0.15, -0.1) is 0 Å². The lowest BCUT2D eigenvalue weighted by atomic mass is 10.0. The lowest BCUT2D eigenvalue weighted by Crippen LogP contribution is -2.01. The van der Waals surface area contributed by atoms with Crippen LogP contribution in [0.25, 0.3) is 0 Å². The van der Waals surface area contributed by atoms with Crippen molar-refractivity contribution in [3.8, 4) is 0 Å². The van der Waals surface area contributed by atoms with E-state index in [0.29, 0.717) is 5.25 Å². The molecule has 1 aromatic rings. The van der Waals surface area contributed by atoms with Crippen molar-refractivity contribution in [2.75, 3.05) is 0 Å². The van der Waals surface area contributed by atoms with E-state index in [9.17, 15) is 0 Å². The van der Waals surface area contributed by atoms with Gasteiger partial charge < -0.3 is 0 Å². The van der Waals surface area contributed by atoms with Crippen molar-refractivity contribution < 1.29 is 0 Å². The molecule has 0 amide bonds. The molecule has 0 saturated heterocycles. The van der Waals surface area contributed by atoms with Gasteiger partial charge in [-0.25, -0.2) is 0 Å². The van der Waals surface area contributed by atoms with E-state index in [4.69, 9.17) is 0 Å². The highest BCUT2D eigenvalue weighted by atomic mass is 32.1. The van der Waals surface area contributed by atoms with Gasteiger partial charge in [0.1, 0.15) is 0 Å². The highest BCUT2D eigenvalue weighted by molar-refractivity contribution is 7.81. The van der Waals surface area contributed by atoms with Crippen molar-refractivity contribution in [3.63, 3.8) is 0 Å². The first-order valence-electron chi connectivity index (χ1n) is 4.94. The third-order valence-electron chi connectivity index (χ3n) is 2.47. The molecule has 0 N–H and O–H groups in total. The summed E-state index contributed by atoms with van der Waals surface area (Å²) in [6, 6.07) is 8.60. The molecule has 1 aliphatic carbocycles. The van der Waals surface area contributed by atoms with Crippen LogP contribution < -0.4 is 0 Å². The van der Waals surface area contributed by atoms with Gasteiger partial charge in [0.15, 0.2) is 0 Å². The van der Waals surface area contributed by atoms with E-state index in [1.165, 1.54) is 11.1 Å². The average molecular weight is 202 g/mol. The third kappa shape index (κ3) is 2.30. The van der Waals surface area contributed by atoms with E-state index < -0.39 is 0 Å². The fourth-order valence-electron chi connectivity index (χ4n) is 1.72. The summed E-state index contributed by atoms with van der Waals surface area (Å²) in [5, 5.41) is 0.332. The summed E-state index contributed by atoms with van der Waals surface area (Å²) in [5.41, 5.74) is 2.84. The Labute approximate surface area is 90.8 Å². The zero-order valence-corrected chi connectivity index (χ0v) is 8.95. The van der Waals surface area contributed by atoms with E-state index in [1.54, 1.807) is 0 Å². The Morgan fingerprint density at radius 1 is 1.07 bits per heavy atom. The van der Waals surface area contributed by atoms with Crippen LogP contribution in [0.5, 0.6) is 0 Å². The van der Waals surface area contributed by atoms with Gasteiger partial charge in [0.2, 0.25) is 0 Å². The molecule has 72 valence electrons. The van der Waals surface area contributed by atoms with Crippen LogP contribution in [0.4, 0.5) is 0 Å². The molecule has 2 rings (SSSR count). The second-order valence-electron chi connectivity index (χ2n) is 3.56.